The highest BCUT2D eigenvalue weighted by Crippen LogP contribution is 2.30. The molecule has 0 radical (unpaired) electrons. The maximum absolute atomic E-state index is 9.58. The average Bonchev–Trinajstić information content (AvgIpc) is 2.52. The molecule has 0 heterocycles. The quantitative estimate of drug-likeness (QED) is 0.788. The van der Waals surface area contributed by atoms with Crippen LogP contribution >= 0.6 is 0 Å². The smallest absolute Gasteiger partial charge is 0.161 e. The highest BCUT2D eigenvalue weighted by atomic mass is 16.5. The van der Waals surface area contributed by atoms with Gasteiger partial charge in [0.05, 0.1) is 19.8 Å². The first kappa shape index (κ1) is 15.4. The van der Waals surface area contributed by atoms with Crippen molar-refractivity contribution >= 4 is 0 Å². The minimum absolute atomic E-state index is 0.508. The molecule has 0 saturated carbocycles. The molecule has 2 aromatic carbocycles. The van der Waals surface area contributed by atoms with Gasteiger partial charge in [0.2, 0.25) is 0 Å². The van der Waals surface area contributed by atoms with Crippen LogP contribution in [0.5, 0.6) is 11.5 Å². The predicted molar refractivity (Wildman–Crippen MR) is 83.9 cm³/mol. The van der Waals surface area contributed by atoms with Crippen LogP contribution in [0.15, 0.2) is 48.5 Å². The Kier molecular flexibility index (Phi) is 5.64. The number of benzene rings is 2. The summed E-state index contributed by atoms with van der Waals surface area (Å²) in [5.74, 6) is 1.38. The fraction of sp³-hybridized carbons (Fsp3) is 0.333. The zero-order chi connectivity index (χ0) is 15.1. The summed E-state index contributed by atoms with van der Waals surface area (Å²) in [7, 11) is 1.61. The molecule has 3 nitrogen and oxygen atoms in total. The van der Waals surface area contributed by atoms with Gasteiger partial charge >= 0.3 is 0 Å². The van der Waals surface area contributed by atoms with Gasteiger partial charge in [-0.25, -0.2) is 0 Å². The molecule has 2 aromatic rings. The lowest BCUT2D eigenvalue weighted by Gasteiger charge is -2.13. The standard InChI is InChI=1S/C18H22O3/c1-14(19)16-10-11-17(18(13-16)20-2)21-12-6-9-15-7-4-3-5-8-15/h3-5,7-8,10-11,13-14,19H,6,9,12H2,1-2H3/t14-/m1/s1. The molecule has 0 unspecified atom stereocenters. The van der Waals surface area contributed by atoms with E-state index in [0.29, 0.717) is 12.4 Å². The molecule has 0 amide bonds. The van der Waals surface area contributed by atoms with Crippen molar-refractivity contribution < 1.29 is 14.6 Å². The van der Waals surface area contributed by atoms with Crippen molar-refractivity contribution in [3.63, 3.8) is 0 Å². The summed E-state index contributed by atoms with van der Waals surface area (Å²) in [5.41, 5.74) is 2.14. The topological polar surface area (TPSA) is 38.7 Å². The van der Waals surface area contributed by atoms with Gasteiger partial charge in [-0.3, -0.25) is 0 Å². The van der Waals surface area contributed by atoms with Crippen LogP contribution in [0.25, 0.3) is 0 Å². The zero-order valence-corrected chi connectivity index (χ0v) is 12.6. The molecule has 0 fully saturated rings. The van der Waals surface area contributed by atoms with E-state index in [4.69, 9.17) is 9.47 Å². The summed E-state index contributed by atoms with van der Waals surface area (Å²) >= 11 is 0. The summed E-state index contributed by atoms with van der Waals surface area (Å²) in [4.78, 5) is 0. The minimum Gasteiger partial charge on any atom is -0.493 e. The van der Waals surface area contributed by atoms with E-state index >= 15 is 0 Å². The largest absolute Gasteiger partial charge is 0.493 e. The maximum Gasteiger partial charge on any atom is 0.161 e. The van der Waals surface area contributed by atoms with Crippen molar-refractivity contribution in [2.45, 2.75) is 25.9 Å². The van der Waals surface area contributed by atoms with E-state index in [0.717, 1.165) is 24.2 Å². The number of ether oxygens (including phenoxy) is 2. The highest BCUT2D eigenvalue weighted by molar-refractivity contribution is 5.43. The second-order valence-electron chi connectivity index (χ2n) is 5.02. The molecule has 0 aliphatic rings. The molecule has 0 bridgehead atoms. The van der Waals surface area contributed by atoms with Gasteiger partial charge in [0.15, 0.2) is 11.5 Å². The fourth-order valence-electron chi connectivity index (χ4n) is 2.17. The second-order valence-corrected chi connectivity index (χ2v) is 5.02. The summed E-state index contributed by atoms with van der Waals surface area (Å²) < 4.78 is 11.1. The van der Waals surface area contributed by atoms with Crippen LogP contribution in [0.1, 0.15) is 30.6 Å². The molecule has 1 N–H and O–H groups in total. The Morgan fingerprint density at radius 2 is 1.81 bits per heavy atom. The van der Waals surface area contributed by atoms with Crippen molar-refractivity contribution in [3.8, 4) is 11.5 Å². The van der Waals surface area contributed by atoms with Crippen molar-refractivity contribution in [1.29, 1.82) is 0 Å². The van der Waals surface area contributed by atoms with E-state index in [9.17, 15) is 5.11 Å². The Morgan fingerprint density at radius 3 is 2.48 bits per heavy atom. The first-order valence-corrected chi connectivity index (χ1v) is 7.23. The molecule has 0 aromatic heterocycles. The van der Waals surface area contributed by atoms with Gasteiger partial charge in [-0.05, 0) is 43.0 Å². The first-order valence-electron chi connectivity index (χ1n) is 7.23. The van der Waals surface area contributed by atoms with Gasteiger partial charge in [-0.2, -0.15) is 0 Å². The van der Waals surface area contributed by atoms with E-state index in [1.54, 1.807) is 14.0 Å². The van der Waals surface area contributed by atoms with E-state index < -0.39 is 6.10 Å². The lowest BCUT2D eigenvalue weighted by Crippen LogP contribution is -2.02. The van der Waals surface area contributed by atoms with Gasteiger partial charge in [0, 0.05) is 0 Å². The van der Waals surface area contributed by atoms with Gasteiger partial charge in [0.25, 0.3) is 0 Å². The normalized spacial score (nSPS) is 12.0. The average molecular weight is 286 g/mol. The van der Waals surface area contributed by atoms with Crippen LogP contribution in [0.3, 0.4) is 0 Å². The summed E-state index contributed by atoms with van der Waals surface area (Å²) in [6.45, 7) is 2.37. The molecule has 0 saturated heterocycles. The van der Waals surface area contributed by atoms with Crippen molar-refractivity contribution in [3.05, 3.63) is 59.7 Å². The number of aliphatic hydroxyl groups excluding tert-OH is 1. The van der Waals surface area contributed by atoms with Crippen LogP contribution in [0.2, 0.25) is 0 Å². The maximum atomic E-state index is 9.58. The lowest BCUT2D eigenvalue weighted by molar-refractivity contribution is 0.198. The van der Waals surface area contributed by atoms with Crippen LogP contribution in [0.4, 0.5) is 0 Å². The van der Waals surface area contributed by atoms with Gasteiger partial charge < -0.3 is 14.6 Å². The minimum atomic E-state index is -0.508. The molecule has 112 valence electrons. The number of hydrogen-bond donors (Lipinski definition) is 1. The second kappa shape index (κ2) is 7.70. The summed E-state index contributed by atoms with van der Waals surface area (Å²) in [5, 5.41) is 9.58. The Labute approximate surface area is 126 Å². The highest BCUT2D eigenvalue weighted by Gasteiger charge is 2.08. The fourth-order valence-corrected chi connectivity index (χ4v) is 2.17. The number of aliphatic hydroxyl groups is 1. The van der Waals surface area contributed by atoms with Crippen molar-refractivity contribution in [2.24, 2.45) is 0 Å². The van der Waals surface area contributed by atoms with E-state index in [-0.39, 0.29) is 0 Å². The predicted octanol–water partition coefficient (Wildman–Crippen LogP) is 3.76. The van der Waals surface area contributed by atoms with Crippen LogP contribution < -0.4 is 9.47 Å². The van der Waals surface area contributed by atoms with Crippen molar-refractivity contribution in [2.75, 3.05) is 13.7 Å². The number of methoxy groups -OCH3 is 1. The molecule has 0 spiro atoms. The SMILES string of the molecule is COc1cc([C@@H](C)O)ccc1OCCCc1ccccc1. The number of rotatable bonds is 7. The van der Waals surface area contributed by atoms with Crippen molar-refractivity contribution in [1.82, 2.24) is 0 Å². The van der Waals surface area contributed by atoms with Gasteiger partial charge in [0.1, 0.15) is 0 Å². The van der Waals surface area contributed by atoms with Gasteiger partial charge in [-0.1, -0.05) is 36.4 Å². The molecule has 1 atom stereocenters. The molecule has 0 aliphatic carbocycles. The van der Waals surface area contributed by atoms with Crippen LogP contribution in [-0.4, -0.2) is 18.8 Å². The monoisotopic (exact) mass is 286 g/mol. The van der Waals surface area contributed by atoms with E-state index in [1.165, 1.54) is 5.56 Å². The molecule has 3 heteroatoms. The van der Waals surface area contributed by atoms with Gasteiger partial charge in [-0.15, -0.1) is 0 Å². The molecular formula is C18H22O3. The van der Waals surface area contributed by atoms with Crippen LogP contribution in [0, 0.1) is 0 Å². The third-order valence-corrected chi connectivity index (χ3v) is 3.38. The summed E-state index contributed by atoms with van der Waals surface area (Å²) in [6, 6.07) is 15.9. The van der Waals surface area contributed by atoms with Crippen LogP contribution in [-0.2, 0) is 6.42 Å². The Bertz CT molecular complexity index is 550. The Morgan fingerprint density at radius 1 is 1.05 bits per heavy atom. The number of aryl methyl sites for hydroxylation is 1. The Hall–Kier alpha value is -2.00. The Balaban J connectivity index is 1.88. The third kappa shape index (κ3) is 4.50. The zero-order valence-electron chi connectivity index (χ0n) is 12.6. The molecule has 21 heavy (non-hydrogen) atoms. The summed E-state index contributed by atoms with van der Waals surface area (Å²) in [6.07, 6.45) is 1.44. The van der Waals surface area contributed by atoms with E-state index in [1.807, 2.05) is 36.4 Å². The molecule has 0 aliphatic heterocycles. The lowest BCUT2D eigenvalue weighted by atomic mass is 10.1. The third-order valence-electron chi connectivity index (χ3n) is 3.38. The first-order chi connectivity index (χ1) is 10.2. The molecule has 2 rings (SSSR count). The van der Waals surface area contributed by atoms with E-state index in [2.05, 4.69) is 12.1 Å². The number of hydrogen-bond acceptors (Lipinski definition) is 3. The molecular weight excluding hydrogens is 264 g/mol.